The molecule has 0 spiro atoms. The van der Waals surface area contributed by atoms with Crippen LogP contribution in [0.5, 0.6) is 23.0 Å². The molecule has 0 bridgehead atoms. The van der Waals surface area contributed by atoms with Crippen LogP contribution in [0.3, 0.4) is 0 Å². The Morgan fingerprint density at radius 2 is 1.45 bits per heavy atom. The Morgan fingerprint density at radius 1 is 0.767 bits per heavy atom. The predicted molar refractivity (Wildman–Crippen MR) is 230 cm³/mol. The molecule has 0 saturated heterocycles. The number of hydrogen-bond donors (Lipinski definition) is 2. The smallest absolute Gasteiger partial charge is 0.306 e. The summed E-state index contributed by atoms with van der Waals surface area (Å²) in [7, 11) is 1.57. The third kappa shape index (κ3) is 11.9. The molecule has 60 heavy (non-hydrogen) atoms. The fourth-order valence-corrected chi connectivity index (χ4v) is 6.74. The minimum Gasteiger partial charge on any atom is -0.497 e. The van der Waals surface area contributed by atoms with Crippen molar-refractivity contribution in [3.05, 3.63) is 155 Å². The van der Waals surface area contributed by atoms with E-state index in [4.69, 9.17) is 38.5 Å². The molecule has 6 rings (SSSR count). The number of nitrogens with zero attached hydrogens (tertiary/aromatic N) is 1. The van der Waals surface area contributed by atoms with Gasteiger partial charge < -0.3 is 38.8 Å². The second-order valence-electron chi connectivity index (χ2n) is 15.5. The zero-order valence-corrected chi connectivity index (χ0v) is 34.7. The van der Waals surface area contributed by atoms with Crippen molar-refractivity contribution in [2.45, 2.75) is 76.9 Å². The normalized spacial score (nSPS) is 15.9. The van der Waals surface area contributed by atoms with Crippen LogP contribution < -0.4 is 24.3 Å². The lowest BCUT2D eigenvalue weighted by Gasteiger charge is -2.31. The number of hydrogen-bond acceptors (Lipinski definition) is 10. The topological polar surface area (TPSA) is 134 Å². The van der Waals surface area contributed by atoms with Crippen LogP contribution in [0.1, 0.15) is 74.0 Å². The minimum absolute atomic E-state index is 0.00635. The van der Waals surface area contributed by atoms with E-state index in [0.29, 0.717) is 66.8 Å². The van der Waals surface area contributed by atoms with Gasteiger partial charge in [0, 0.05) is 31.6 Å². The Morgan fingerprint density at radius 3 is 2.10 bits per heavy atom. The van der Waals surface area contributed by atoms with Gasteiger partial charge in [-0.1, -0.05) is 78.9 Å². The molecule has 1 aliphatic rings. The first-order valence-electron chi connectivity index (χ1n) is 20.3. The van der Waals surface area contributed by atoms with Crippen molar-refractivity contribution in [3.8, 4) is 23.0 Å². The van der Waals surface area contributed by atoms with Gasteiger partial charge in [-0.2, -0.15) is 0 Å². The number of carbonyl (C=O) groups is 2. The van der Waals surface area contributed by atoms with Gasteiger partial charge in [0.05, 0.1) is 13.7 Å². The molecule has 0 fully saturated rings. The van der Waals surface area contributed by atoms with Crippen molar-refractivity contribution in [1.82, 2.24) is 5.32 Å². The monoisotopic (exact) mass is 814 g/mol. The molecule has 11 nitrogen and oxygen atoms in total. The second-order valence-corrected chi connectivity index (χ2v) is 15.5. The molecular formula is C49H54N2O9. The highest BCUT2D eigenvalue weighted by molar-refractivity contribution is 6.01. The zero-order valence-electron chi connectivity index (χ0n) is 34.7. The Balaban J connectivity index is 1.27. The highest BCUT2D eigenvalue weighted by Gasteiger charge is 2.53. The molecule has 1 heterocycles. The van der Waals surface area contributed by atoms with E-state index in [9.17, 15) is 9.59 Å². The summed E-state index contributed by atoms with van der Waals surface area (Å²) in [6.45, 7) is 6.80. The summed E-state index contributed by atoms with van der Waals surface area (Å²) < 4.78 is 36.1. The van der Waals surface area contributed by atoms with Crippen molar-refractivity contribution in [1.29, 1.82) is 0 Å². The first kappa shape index (κ1) is 43.3. The molecule has 0 saturated carbocycles. The molecule has 0 aliphatic carbocycles. The van der Waals surface area contributed by atoms with Gasteiger partial charge in [-0.25, -0.2) is 4.99 Å². The quantitative estimate of drug-likeness (QED) is 0.0588. The van der Waals surface area contributed by atoms with Crippen molar-refractivity contribution in [2.75, 3.05) is 26.9 Å². The average molecular weight is 815 g/mol. The Hall–Kier alpha value is -6.33. The maximum absolute atomic E-state index is 14.8. The van der Waals surface area contributed by atoms with Gasteiger partial charge in [-0.3, -0.25) is 9.59 Å². The van der Waals surface area contributed by atoms with Crippen LogP contribution in [0.4, 0.5) is 0 Å². The number of aliphatic hydroxyl groups excluding tert-OH is 1. The lowest BCUT2D eigenvalue weighted by molar-refractivity contribution is -0.155. The highest BCUT2D eigenvalue weighted by atomic mass is 16.6. The maximum atomic E-state index is 14.8. The summed E-state index contributed by atoms with van der Waals surface area (Å²) >= 11 is 0. The number of ether oxygens (including phenoxy) is 6. The molecule has 0 radical (unpaired) electrons. The Kier molecular flexibility index (Phi) is 14.8. The molecule has 0 unspecified atom stereocenters. The average Bonchev–Trinajstić information content (AvgIpc) is 3.66. The third-order valence-corrected chi connectivity index (χ3v) is 9.74. The fraction of sp³-hybridized carbons (Fsp3) is 0.327. The van der Waals surface area contributed by atoms with Gasteiger partial charge in [0.1, 0.15) is 30.3 Å². The molecule has 314 valence electrons. The standard InChI is InChI=1S/C49H54N2O9/c1-48(2,3)60-44(53)25-27-49(45(39-17-11-18-41(32-39)55-4)59-46(51-49)38-20-22-40(23-21-38)56-30-12-29-52)47(54)50-28-26-35-19-24-42(57-33-36-13-7-5-8-14-36)43(31-35)58-34-37-15-9-6-10-16-37/h5-11,13-24,31-32,45,52H,12,25-30,33-34H2,1-4H3,(H,50,54)/t45-,49-/m1/s1. The molecule has 11 heteroatoms. The summed E-state index contributed by atoms with van der Waals surface area (Å²) in [5.41, 5.74) is 1.98. The van der Waals surface area contributed by atoms with Crippen molar-refractivity contribution in [3.63, 3.8) is 0 Å². The van der Waals surface area contributed by atoms with Gasteiger partial charge >= 0.3 is 5.97 Å². The van der Waals surface area contributed by atoms with Crippen LogP contribution in [0, 0.1) is 0 Å². The molecule has 1 aliphatic heterocycles. The van der Waals surface area contributed by atoms with Gasteiger partial charge in [0.15, 0.2) is 23.1 Å². The number of benzene rings is 5. The van der Waals surface area contributed by atoms with Crippen molar-refractivity contribution in [2.24, 2.45) is 4.99 Å². The number of nitrogens with one attached hydrogen (secondary N) is 1. The van der Waals surface area contributed by atoms with E-state index in [2.05, 4.69) is 5.32 Å². The molecule has 2 atom stereocenters. The molecule has 1 amide bonds. The van der Waals surface area contributed by atoms with Crippen LogP contribution in [0.2, 0.25) is 0 Å². The maximum Gasteiger partial charge on any atom is 0.306 e. The molecule has 2 N–H and O–H groups in total. The van der Waals surface area contributed by atoms with Crippen LogP contribution in [0.25, 0.3) is 0 Å². The third-order valence-electron chi connectivity index (χ3n) is 9.74. The lowest BCUT2D eigenvalue weighted by Crippen LogP contribution is -2.49. The first-order chi connectivity index (χ1) is 29.0. The molecular weight excluding hydrogens is 761 g/mol. The van der Waals surface area contributed by atoms with E-state index in [1.807, 2.05) is 115 Å². The fourth-order valence-electron chi connectivity index (χ4n) is 6.74. The summed E-state index contributed by atoms with van der Waals surface area (Å²) in [6, 6.07) is 40.2. The predicted octanol–water partition coefficient (Wildman–Crippen LogP) is 8.35. The van der Waals surface area contributed by atoms with Gasteiger partial charge in [0.2, 0.25) is 5.90 Å². The molecule has 5 aromatic rings. The van der Waals surface area contributed by atoms with E-state index < -0.39 is 29.1 Å². The van der Waals surface area contributed by atoms with E-state index in [1.54, 1.807) is 40.0 Å². The van der Waals surface area contributed by atoms with E-state index in [-0.39, 0.29) is 31.9 Å². The van der Waals surface area contributed by atoms with Crippen LogP contribution >= 0.6 is 0 Å². The van der Waals surface area contributed by atoms with Gasteiger partial charge in [-0.15, -0.1) is 0 Å². The number of rotatable bonds is 20. The van der Waals surface area contributed by atoms with Crippen LogP contribution in [-0.2, 0) is 38.7 Å². The minimum atomic E-state index is -1.56. The number of aliphatic hydroxyl groups is 1. The zero-order chi connectivity index (χ0) is 42.4. The number of methoxy groups -OCH3 is 1. The number of aliphatic imine (C=N–C) groups is 1. The highest BCUT2D eigenvalue weighted by Crippen LogP contribution is 2.44. The van der Waals surface area contributed by atoms with Gasteiger partial charge in [-0.05, 0) is 104 Å². The van der Waals surface area contributed by atoms with Crippen molar-refractivity contribution < 1.29 is 43.1 Å². The molecule has 0 aromatic heterocycles. The summed E-state index contributed by atoms with van der Waals surface area (Å²) in [6.07, 6.45) is -0.0214. The number of amides is 1. The SMILES string of the molecule is COc1cccc([C@H]2OC(c3ccc(OCCCO)cc3)=N[C@@]2(CCC(=O)OC(C)(C)C)C(=O)NCCc2ccc(OCc3ccccc3)c(OCc3ccccc3)c2)c1. The van der Waals surface area contributed by atoms with Gasteiger partial charge in [0.25, 0.3) is 5.91 Å². The Labute approximate surface area is 352 Å². The molecule has 5 aromatic carbocycles. The van der Waals surface area contributed by atoms with Crippen LogP contribution in [-0.4, -0.2) is 60.9 Å². The Bertz CT molecular complexity index is 2190. The van der Waals surface area contributed by atoms with E-state index >= 15 is 0 Å². The van der Waals surface area contributed by atoms with Crippen LogP contribution in [0.15, 0.2) is 132 Å². The van der Waals surface area contributed by atoms with Crippen molar-refractivity contribution >= 4 is 17.8 Å². The summed E-state index contributed by atoms with van der Waals surface area (Å²) in [4.78, 5) is 33.1. The largest absolute Gasteiger partial charge is 0.497 e. The number of esters is 1. The first-order valence-corrected chi connectivity index (χ1v) is 20.3. The number of carbonyl (C=O) groups excluding carboxylic acids is 2. The lowest BCUT2D eigenvalue weighted by atomic mass is 9.83. The summed E-state index contributed by atoms with van der Waals surface area (Å²) in [5, 5.41) is 12.3. The van der Waals surface area contributed by atoms with E-state index in [1.165, 1.54) is 0 Å². The summed E-state index contributed by atoms with van der Waals surface area (Å²) in [5.74, 6) is 1.79. The van der Waals surface area contributed by atoms with E-state index in [0.717, 1.165) is 16.7 Å². The second kappa shape index (κ2) is 20.6.